The zero-order chi connectivity index (χ0) is 31.0. The summed E-state index contributed by atoms with van der Waals surface area (Å²) >= 11 is 0. The van der Waals surface area contributed by atoms with Crippen LogP contribution in [0.25, 0.3) is 21.9 Å². The number of aliphatic hydroxyl groups excluding tert-OH is 1. The van der Waals surface area contributed by atoms with Crippen molar-refractivity contribution < 1.29 is 23.0 Å². The van der Waals surface area contributed by atoms with Crippen LogP contribution in [0.4, 0.5) is 5.69 Å². The van der Waals surface area contributed by atoms with Gasteiger partial charge in [0.1, 0.15) is 4.90 Å². The SMILES string of the molecule is C[C@H]1[C@@H](Cn2cnc3ccccc32)OC(c2cccc(NS(=O)(=O)c3cccc4cccnc34)c2)O[C@H]1c1ccc(CO)cc1. The van der Waals surface area contributed by atoms with Crippen molar-refractivity contribution in [1.29, 1.82) is 0 Å². The number of hydrogen-bond acceptors (Lipinski definition) is 7. The smallest absolute Gasteiger partial charge is 0.264 e. The Labute approximate surface area is 261 Å². The predicted octanol–water partition coefficient (Wildman–Crippen LogP) is 6.37. The highest BCUT2D eigenvalue weighted by atomic mass is 32.2. The summed E-state index contributed by atoms with van der Waals surface area (Å²) in [5, 5.41) is 10.3. The number of hydrogen-bond donors (Lipinski definition) is 2. The van der Waals surface area contributed by atoms with Gasteiger partial charge in [-0.3, -0.25) is 9.71 Å². The van der Waals surface area contributed by atoms with Crippen LogP contribution >= 0.6 is 0 Å². The molecule has 0 radical (unpaired) electrons. The number of anilines is 1. The molecule has 10 heteroatoms. The van der Waals surface area contributed by atoms with Crippen molar-refractivity contribution in [3.05, 3.63) is 132 Å². The molecule has 1 aliphatic heterocycles. The predicted molar refractivity (Wildman–Crippen MR) is 172 cm³/mol. The summed E-state index contributed by atoms with van der Waals surface area (Å²) in [6.07, 6.45) is 2.06. The molecule has 0 saturated carbocycles. The number of sulfonamides is 1. The third-order valence-electron chi connectivity index (χ3n) is 8.32. The van der Waals surface area contributed by atoms with Gasteiger partial charge < -0.3 is 19.1 Å². The van der Waals surface area contributed by atoms with Crippen molar-refractivity contribution >= 4 is 37.6 Å². The molecule has 4 aromatic carbocycles. The molecule has 2 aromatic heterocycles. The standard InChI is InChI=1S/C35H32N4O5S/c1-23-31(20-39-22-37-29-11-2-3-12-30(29)39)43-35(44-34(23)26-16-14-24(21-40)15-17-26)27-8-4-10-28(19-27)38-45(41,42)32-13-5-7-25-9-6-18-36-33(25)32/h2-19,22-23,31,34-35,38,40H,20-21H2,1H3/t23-,31+,34+,35?/m0/s1. The number of aromatic nitrogens is 3. The second-order valence-electron chi connectivity index (χ2n) is 11.3. The van der Waals surface area contributed by atoms with E-state index < -0.39 is 16.3 Å². The molecule has 4 atom stereocenters. The van der Waals surface area contributed by atoms with Gasteiger partial charge in [0, 0.05) is 28.8 Å². The Bertz CT molecular complexity index is 2070. The van der Waals surface area contributed by atoms with Crippen molar-refractivity contribution in [1.82, 2.24) is 14.5 Å². The number of aliphatic hydroxyl groups is 1. The van der Waals surface area contributed by atoms with Crippen LogP contribution in [0.3, 0.4) is 0 Å². The molecule has 7 rings (SSSR count). The molecular formula is C35H32N4O5S. The number of nitrogens with one attached hydrogen (secondary N) is 1. The third-order valence-corrected chi connectivity index (χ3v) is 9.74. The number of imidazole rings is 1. The van der Waals surface area contributed by atoms with Gasteiger partial charge in [-0.25, -0.2) is 13.4 Å². The summed E-state index contributed by atoms with van der Waals surface area (Å²) in [5.74, 6) is -0.0389. The minimum atomic E-state index is -3.95. The van der Waals surface area contributed by atoms with Gasteiger partial charge in [0.05, 0.1) is 48.2 Å². The van der Waals surface area contributed by atoms with Crippen LogP contribution in [0, 0.1) is 5.92 Å². The molecule has 3 heterocycles. The van der Waals surface area contributed by atoms with E-state index in [1.165, 1.54) is 0 Å². The Hall–Kier alpha value is -4.61. The summed E-state index contributed by atoms with van der Waals surface area (Å²) in [7, 11) is -3.95. The van der Waals surface area contributed by atoms with Gasteiger partial charge in [-0.2, -0.15) is 0 Å². The Balaban J connectivity index is 1.20. The molecule has 0 spiro atoms. The van der Waals surface area contributed by atoms with Crippen LogP contribution < -0.4 is 4.72 Å². The molecule has 9 nitrogen and oxygen atoms in total. The van der Waals surface area contributed by atoms with Crippen molar-refractivity contribution in [3.8, 4) is 0 Å². The largest absolute Gasteiger partial charge is 0.392 e. The van der Waals surface area contributed by atoms with Crippen molar-refractivity contribution in [3.63, 3.8) is 0 Å². The van der Waals surface area contributed by atoms with E-state index in [0.29, 0.717) is 23.3 Å². The fraction of sp³-hybridized carbons (Fsp3) is 0.200. The second kappa shape index (κ2) is 12.1. The lowest BCUT2D eigenvalue weighted by Gasteiger charge is -2.41. The first-order valence-electron chi connectivity index (χ1n) is 14.8. The number of para-hydroxylation sites is 3. The fourth-order valence-corrected chi connectivity index (χ4v) is 7.16. The molecule has 45 heavy (non-hydrogen) atoms. The lowest BCUT2D eigenvalue weighted by atomic mass is 9.90. The lowest BCUT2D eigenvalue weighted by Crippen LogP contribution is -2.39. The molecule has 0 bridgehead atoms. The van der Waals surface area contributed by atoms with Crippen LogP contribution in [0.1, 0.15) is 36.0 Å². The van der Waals surface area contributed by atoms with Crippen LogP contribution in [-0.4, -0.2) is 34.2 Å². The molecular weight excluding hydrogens is 588 g/mol. The highest BCUT2D eigenvalue weighted by molar-refractivity contribution is 7.93. The van der Waals surface area contributed by atoms with Gasteiger partial charge in [-0.05, 0) is 47.5 Å². The van der Waals surface area contributed by atoms with Crippen LogP contribution in [0.5, 0.6) is 0 Å². The van der Waals surface area contributed by atoms with Gasteiger partial charge in [-0.15, -0.1) is 0 Å². The first-order chi connectivity index (χ1) is 21.9. The Morgan fingerprint density at radius 1 is 0.867 bits per heavy atom. The summed E-state index contributed by atoms with van der Waals surface area (Å²) in [5.41, 5.74) is 5.17. The number of pyridine rings is 1. The summed E-state index contributed by atoms with van der Waals surface area (Å²) in [6, 6.07) is 31.5. The van der Waals surface area contributed by atoms with E-state index >= 15 is 0 Å². The minimum absolute atomic E-state index is 0.0389. The van der Waals surface area contributed by atoms with E-state index in [1.807, 2.05) is 73.1 Å². The average Bonchev–Trinajstić information content (AvgIpc) is 3.48. The fourth-order valence-electron chi connectivity index (χ4n) is 5.93. The van der Waals surface area contributed by atoms with E-state index in [1.54, 1.807) is 42.6 Å². The third kappa shape index (κ3) is 5.81. The highest BCUT2D eigenvalue weighted by Gasteiger charge is 2.39. The maximum Gasteiger partial charge on any atom is 0.264 e. The Morgan fingerprint density at radius 3 is 2.51 bits per heavy atom. The van der Waals surface area contributed by atoms with Crippen molar-refractivity contribution in [2.75, 3.05) is 4.72 Å². The molecule has 1 aliphatic rings. The summed E-state index contributed by atoms with van der Waals surface area (Å²) in [4.78, 5) is 8.97. The molecule has 0 aliphatic carbocycles. The molecule has 1 saturated heterocycles. The maximum absolute atomic E-state index is 13.5. The monoisotopic (exact) mass is 620 g/mol. The zero-order valence-corrected chi connectivity index (χ0v) is 25.3. The Morgan fingerprint density at radius 2 is 1.67 bits per heavy atom. The van der Waals surface area contributed by atoms with Gasteiger partial charge in [-0.1, -0.05) is 73.7 Å². The average molecular weight is 621 g/mol. The molecule has 2 N–H and O–H groups in total. The van der Waals surface area contributed by atoms with Gasteiger partial charge in [0.2, 0.25) is 0 Å². The van der Waals surface area contributed by atoms with E-state index in [9.17, 15) is 13.5 Å². The minimum Gasteiger partial charge on any atom is -0.392 e. The first kappa shape index (κ1) is 29.1. The number of benzene rings is 4. The maximum atomic E-state index is 13.5. The van der Waals surface area contributed by atoms with Crippen LogP contribution in [0.2, 0.25) is 0 Å². The molecule has 228 valence electrons. The van der Waals surface area contributed by atoms with Gasteiger partial charge in [0.15, 0.2) is 6.29 Å². The summed E-state index contributed by atoms with van der Waals surface area (Å²) in [6.45, 7) is 2.61. The van der Waals surface area contributed by atoms with E-state index in [0.717, 1.165) is 27.5 Å². The van der Waals surface area contributed by atoms with E-state index in [4.69, 9.17) is 9.47 Å². The normalized spacial score (nSPS) is 20.4. The number of nitrogens with zero attached hydrogens (tertiary/aromatic N) is 3. The summed E-state index contributed by atoms with van der Waals surface area (Å²) < 4.78 is 45.1. The lowest BCUT2D eigenvalue weighted by molar-refractivity contribution is -0.276. The molecule has 1 fully saturated rings. The zero-order valence-electron chi connectivity index (χ0n) is 24.5. The molecule has 0 amide bonds. The first-order valence-corrected chi connectivity index (χ1v) is 16.2. The van der Waals surface area contributed by atoms with E-state index in [2.05, 4.69) is 26.2 Å². The number of fused-ring (bicyclic) bond motifs is 2. The number of rotatable bonds is 8. The molecule has 6 aromatic rings. The number of ether oxygens (including phenoxy) is 2. The van der Waals surface area contributed by atoms with Crippen molar-refractivity contribution in [2.24, 2.45) is 5.92 Å². The second-order valence-corrected chi connectivity index (χ2v) is 12.9. The van der Waals surface area contributed by atoms with Crippen molar-refractivity contribution in [2.45, 2.75) is 43.5 Å². The Kier molecular flexibility index (Phi) is 7.80. The quantitative estimate of drug-likeness (QED) is 0.203. The highest BCUT2D eigenvalue weighted by Crippen LogP contribution is 2.42. The topological polar surface area (TPSA) is 116 Å². The van der Waals surface area contributed by atoms with Crippen LogP contribution in [0.15, 0.2) is 121 Å². The van der Waals surface area contributed by atoms with E-state index in [-0.39, 0.29) is 29.6 Å². The van der Waals surface area contributed by atoms with Gasteiger partial charge in [0.25, 0.3) is 10.0 Å². The van der Waals surface area contributed by atoms with Crippen LogP contribution in [-0.2, 0) is 32.6 Å². The molecule has 1 unspecified atom stereocenters. The van der Waals surface area contributed by atoms with Gasteiger partial charge >= 0.3 is 0 Å².